The number of alkyl halides is 9. The van der Waals surface area contributed by atoms with E-state index in [1.165, 1.54) is 43.7 Å². The van der Waals surface area contributed by atoms with Crippen molar-refractivity contribution in [2.24, 2.45) is 11.3 Å². The number of benzene rings is 1. The molecular weight excluding hydrogens is 649 g/mol. The van der Waals surface area contributed by atoms with Crippen molar-refractivity contribution in [1.82, 2.24) is 14.8 Å². The van der Waals surface area contributed by atoms with Crippen molar-refractivity contribution in [2.45, 2.75) is 38.4 Å². The number of hydrogen-bond acceptors (Lipinski definition) is 7. The molecule has 2 atom stereocenters. The molecule has 0 radical (unpaired) electrons. The number of para-hydroxylation sites is 1. The fraction of sp³-hybridized carbons (Fsp3) is 0.556. The Balaban J connectivity index is 0.000000413. The van der Waals surface area contributed by atoms with E-state index < -0.39 is 36.4 Å². The summed E-state index contributed by atoms with van der Waals surface area (Å²) in [4.78, 5) is 36.7. The fourth-order valence-electron chi connectivity index (χ4n) is 4.82. The van der Waals surface area contributed by atoms with E-state index in [1.54, 1.807) is 0 Å². The molecule has 46 heavy (non-hydrogen) atoms. The maximum atomic E-state index is 10.6. The van der Waals surface area contributed by atoms with Crippen LogP contribution in [-0.2, 0) is 25.7 Å². The number of rotatable bonds is 5. The molecule has 2 saturated heterocycles. The summed E-state index contributed by atoms with van der Waals surface area (Å²) in [6.07, 6.45) is -14.0. The van der Waals surface area contributed by atoms with E-state index in [1.807, 2.05) is 7.11 Å². The zero-order valence-corrected chi connectivity index (χ0v) is 24.4. The second kappa shape index (κ2) is 16.7. The number of carboxylic acid groups (broad SMARTS) is 3. The molecule has 3 heterocycles. The van der Waals surface area contributed by atoms with E-state index in [-0.39, 0.29) is 0 Å². The molecule has 260 valence electrons. The third-order valence-corrected chi connectivity index (χ3v) is 6.93. The first kappa shape index (κ1) is 40.3. The molecular formula is C27H32F9N3O7. The van der Waals surface area contributed by atoms with Crippen LogP contribution in [0.2, 0.25) is 0 Å². The maximum Gasteiger partial charge on any atom is 0.490 e. The predicted molar refractivity (Wildman–Crippen MR) is 143 cm³/mol. The monoisotopic (exact) mass is 681 g/mol. The van der Waals surface area contributed by atoms with Crippen LogP contribution in [0.25, 0.3) is 10.9 Å². The minimum absolute atomic E-state index is 0.406. The van der Waals surface area contributed by atoms with Crippen LogP contribution in [0.1, 0.15) is 19.0 Å². The number of halogens is 9. The average molecular weight is 682 g/mol. The molecule has 19 heteroatoms. The van der Waals surface area contributed by atoms with Gasteiger partial charge in [-0.1, -0.05) is 31.2 Å². The fourth-order valence-corrected chi connectivity index (χ4v) is 4.82. The number of ether oxygens (including phenoxy) is 1. The van der Waals surface area contributed by atoms with Crippen molar-refractivity contribution in [2.75, 3.05) is 46.4 Å². The molecule has 2 aliphatic rings. The molecule has 1 aromatic carbocycles. The molecule has 10 nitrogen and oxygen atoms in total. The Morgan fingerprint density at radius 1 is 0.848 bits per heavy atom. The van der Waals surface area contributed by atoms with Crippen LogP contribution in [0.4, 0.5) is 39.5 Å². The van der Waals surface area contributed by atoms with Gasteiger partial charge in [-0.25, -0.2) is 14.4 Å². The van der Waals surface area contributed by atoms with Gasteiger partial charge in [0.2, 0.25) is 0 Å². The van der Waals surface area contributed by atoms with Gasteiger partial charge in [-0.15, -0.1) is 0 Å². The minimum atomic E-state index is -5.08. The van der Waals surface area contributed by atoms with Gasteiger partial charge in [0.15, 0.2) is 0 Å². The standard InChI is InChI=1S/C21H29N3O.3C2HF3O2/c1-3-23-12-18(14-25-2)21(15-23)10-11-24(16-21)13-19-9-8-17-6-4-5-7-20(17)22-19;3*3-2(4,5)1(6)7/h4-9,18H,3,10-16H2,1-2H3;3*(H,6,7)/t18-,21-;;;/m1.../s1. The van der Waals surface area contributed by atoms with E-state index in [9.17, 15) is 39.5 Å². The number of nitrogens with zero attached hydrogens (tertiary/aromatic N) is 3. The average Bonchev–Trinajstić information content (AvgIpc) is 3.50. The van der Waals surface area contributed by atoms with Crippen LogP contribution in [0.15, 0.2) is 36.4 Å². The molecule has 4 rings (SSSR count). The normalized spacial score (nSPS) is 20.2. The van der Waals surface area contributed by atoms with Crippen molar-refractivity contribution in [3.05, 3.63) is 42.1 Å². The number of aromatic nitrogens is 1. The van der Waals surface area contributed by atoms with Gasteiger partial charge in [0.05, 0.1) is 17.8 Å². The van der Waals surface area contributed by atoms with Crippen LogP contribution in [0.5, 0.6) is 0 Å². The highest BCUT2D eigenvalue weighted by Gasteiger charge is 2.49. The van der Waals surface area contributed by atoms with Crippen LogP contribution in [0, 0.1) is 11.3 Å². The van der Waals surface area contributed by atoms with Gasteiger partial charge in [-0.05, 0) is 31.6 Å². The highest BCUT2D eigenvalue weighted by molar-refractivity contribution is 5.78. The topological polar surface area (TPSA) is 140 Å². The lowest BCUT2D eigenvalue weighted by molar-refractivity contribution is -0.193. The van der Waals surface area contributed by atoms with Crippen LogP contribution in [-0.4, -0.2) is 113 Å². The van der Waals surface area contributed by atoms with Gasteiger partial charge < -0.3 is 25.0 Å². The summed E-state index contributed by atoms with van der Waals surface area (Å²) >= 11 is 0. The molecule has 0 amide bonds. The predicted octanol–water partition coefficient (Wildman–Crippen LogP) is 4.92. The van der Waals surface area contributed by atoms with Gasteiger partial charge in [0.25, 0.3) is 0 Å². The quantitative estimate of drug-likeness (QED) is 0.373. The molecule has 0 aliphatic carbocycles. The Labute approximate surface area is 256 Å². The smallest absolute Gasteiger partial charge is 0.475 e. The lowest BCUT2D eigenvalue weighted by Crippen LogP contribution is -2.36. The Kier molecular flexibility index (Phi) is 14.7. The maximum absolute atomic E-state index is 10.6. The van der Waals surface area contributed by atoms with Crippen molar-refractivity contribution >= 4 is 28.8 Å². The van der Waals surface area contributed by atoms with Crippen molar-refractivity contribution in [3.8, 4) is 0 Å². The molecule has 0 saturated carbocycles. The molecule has 1 spiro atoms. The molecule has 0 unspecified atom stereocenters. The van der Waals surface area contributed by atoms with Crippen molar-refractivity contribution < 1.29 is 74.0 Å². The molecule has 1 aromatic heterocycles. The summed E-state index contributed by atoms with van der Waals surface area (Å²) < 4.78 is 101. The minimum Gasteiger partial charge on any atom is -0.475 e. The number of pyridine rings is 1. The van der Waals surface area contributed by atoms with Gasteiger partial charge in [0.1, 0.15) is 0 Å². The summed E-state index contributed by atoms with van der Waals surface area (Å²) in [5, 5.41) is 22.6. The first-order chi connectivity index (χ1) is 21.1. The van der Waals surface area contributed by atoms with E-state index in [0.29, 0.717) is 11.3 Å². The molecule has 2 aliphatic heterocycles. The van der Waals surface area contributed by atoms with E-state index in [0.717, 1.165) is 25.2 Å². The number of aliphatic carboxylic acids is 3. The summed E-state index contributed by atoms with van der Waals surface area (Å²) in [5.41, 5.74) is 2.69. The van der Waals surface area contributed by atoms with E-state index >= 15 is 0 Å². The second-order valence-corrected chi connectivity index (χ2v) is 10.2. The van der Waals surface area contributed by atoms with E-state index in [2.05, 4.69) is 53.1 Å². The number of methoxy groups -OCH3 is 1. The van der Waals surface area contributed by atoms with Crippen LogP contribution < -0.4 is 0 Å². The highest BCUT2D eigenvalue weighted by atomic mass is 19.4. The number of carboxylic acids is 3. The zero-order chi connectivity index (χ0) is 35.5. The molecule has 3 N–H and O–H groups in total. The molecule has 2 aromatic rings. The zero-order valence-electron chi connectivity index (χ0n) is 24.4. The summed E-state index contributed by atoms with van der Waals surface area (Å²) in [6.45, 7) is 10.0. The second-order valence-electron chi connectivity index (χ2n) is 10.2. The first-order valence-electron chi connectivity index (χ1n) is 13.2. The van der Waals surface area contributed by atoms with E-state index in [4.69, 9.17) is 39.4 Å². The third-order valence-electron chi connectivity index (χ3n) is 6.93. The molecule has 2 fully saturated rings. The molecule has 0 bridgehead atoms. The van der Waals surface area contributed by atoms with Crippen molar-refractivity contribution in [1.29, 1.82) is 0 Å². The van der Waals surface area contributed by atoms with Gasteiger partial charge in [-0.2, -0.15) is 39.5 Å². The van der Waals surface area contributed by atoms with Crippen LogP contribution in [0.3, 0.4) is 0 Å². The van der Waals surface area contributed by atoms with Gasteiger partial charge in [-0.3, -0.25) is 9.88 Å². The SMILES string of the molecule is CCN1C[C@H](COC)[C@]2(CCN(Cc3ccc4ccccc4n3)C2)C1.O=C(O)C(F)(F)F.O=C(O)C(F)(F)F.O=C(O)C(F)(F)F. The number of fused-ring (bicyclic) bond motifs is 1. The van der Waals surface area contributed by atoms with Gasteiger partial charge in [0, 0.05) is 50.0 Å². The van der Waals surface area contributed by atoms with Crippen LogP contribution >= 0.6 is 0 Å². The Morgan fingerprint density at radius 2 is 1.33 bits per heavy atom. The third kappa shape index (κ3) is 13.0. The lowest BCUT2D eigenvalue weighted by atomic mass is 9.77. The largest absolute Gasteiger partial charge is 0.490 e. The summed E-state index contributed by atoms with van der Waals surface area (Å²) in [6, 6.07) is 12.8. The Bertz CT molecular complexity index is 1250. The summed E-state index contributed by atoms with van der Waals surface area (Å²) in [7, 11) is 1.84. The number of carbonyl (C=O) groups is 3. The van der Waals surface area contributed by atoms with Gasteiger partial charge >= 0.3 is 36.4 Å². The lowest BCUT2D eigenvalue weighted by Gasteiger charge is -2.30. The summed E-state index contributed by atoms with van der Waals surface area (Å²) in [5.74, 6) is -7.61. The number of likely N-dealkylation sites (tertiary alicyclic amines) is 2. The highest BCUT2D eigenvalue weighted by Crippen LogP contribution is 2.44. The number of hydrogen-bond donors (Lipinski definition) is 3. The van der Waals surface area contributed by atoms with Crippen molar-refractivity contribution in [3.63, 3.8) is 0 Å². The Morgan fingerprint density at radius 3 is 1.78 bits per heavy atom. The first-order valence-corrected chi connectivity index (χ1v) is 13.2. The Hall–Kier alpha value is -3.71.